The summed E-state index contributed by atoms with van der Waals surface area (Å²) in [7, 11) is 0. The van der Waals surface area contributed by atoms with E-state index in [0.29, 0.717) is 34.1 Å². The van der Waals surface area contributed by atoms with E-state index in [2.05, 4.69) is 19.9 Å². The summed E-state index contributed by atoms with van der Waals surface area (Å²) < 4.78 is 13.1. The van der Waals surface area contributed by atoms with Crippen LogP contribution in [0.5, 0.6) is 0 Å². The van der Waals surface area contributed by atoms with Gasteiger partial charge in [-0.2, -0.15) is 0 Å². The molecule has 0 saturated heterocycles. The van der Waals surface area contributed by atoms with E-state index in [0.717, 1.165) is 0 Å². The van der Waals surface area contributed by atoms with E-state index in [9.17, 15) is 9.18 Å². The number of aromatic amines is 1. The highest BCUT2D eigenvalue weighted by Crippen LogP contribution is 2.29. The third kappa shape index (κ3) is 2.75. The largest absolute Gasteiger partial charge is 0.334 e. The number of H-pyrrole nitrogens is 1. The number of benzene rings is 1. The molecular formula is C15H11FN4OS. The standard InChI is InChI=1S/C15H11FN4OS/c1-22-15-17-7-6-11(18-15)14-13(19-12(8-21)20-14)9-2-4-10(16)5-3-9/h2-8H,1H3,(H,19,20). The summed E-state index contributed by atoms with van der Waals surface area (Å²) in [6.45, 7) is 0. The van der Waals surface area contributed by atoms with Gasteiger partial charge in [-0.25, -0.2) is 19.3 Å². The van der Waals surface area contributed by atoms with Gasteiger partial charge in [0.1, 0.15) is 5.82 Å². The molecule has 3 rings (SSSR count). The van der Waals surface area contributed by atoms with Crippen molar-refractivity contribution in [2.45, 2.75) is 5.16 Å². The normalized spacial score (nSPS) is 10.6. The minimum absolute atomic E-state index is 0.193. The lowest BCUT2D eigenvalue weighted by Gasteiger charge is -2.03. The number of nitrogens with zero attached hydrogens (tertiary/aromatic N) is 3. The number of imidazole rings is 1. The van der Waals surface area contributed by atoms with Gasteiger partial charge in [0, 0.05) is 11.8 Å². The molecule has 0 amide bonds. The van der Waals surface area contributed by atoms with Crippen molar-refractivity contribution in [2.24, 2.45) is 0 Å². The van der Waals surface area contributed by atoms with Gasteiger partial charge in [0.25, 0.3) is 0 Å². The highest BCUT2D eigenvalue weighted by Gasteiger charge is 2.15. The number of hydrogen-bond donors (Lipinski definition) is 1. The van der Waals surface area contributed by atoms with Gasteiger partial charge in [-0.15, -0.1) is 0 Å². The maximum atomic E-state index is 13.1. The van der Waals surface area contributed by atoms with Crippen LogP contribution in [0.2, 0.25) is 0 Å². The second kappa shape index (κ2) is 6.07. The third-order valence-corrected chi connectivity index (χ3v) is 3.59. The van der Waals surface area contributed by atoms with Crippen molar-refractivity contribution in [1.29, 1.82) is 0 Å². The molecule has 2 heterocycles. The van der Waals surface area contributed by atoms with Gasteiger partial charge in [0.2, 0.25) is 0 Å². The second-order valence-electron chi connectivity index (χ2n) is 4.40. The van der Waals surface area contributed by atoms with Gasteiger partial charge in [-0.3, -0.25) is 4.79 Å². The maximum Gasteiger partial charge on any atom is 0.187 e. The van der Waals surface area contributed by atoms with Crippen molar-refractivity contribution < 1.29 is 9.18 Å². The number of carbonyl (C=O) groups excluding carboxylic acids is 1. The fourth-order valence-corrected chi connectivity index (χ4v) is 2.38. The topological polar surface area (TPSA) is 71.5 Å². The number of aromatic nitrogens is 4. The Labute approximate surface area is 130 Å². The molecule has 0 aliphatic rings. The molecule has 0 unspecified atom stereocenters. The minimum atomic E-state index is -0.330. The summed E-state index contributed by atoms with van der Waals surface area (Å²) in [4.78, 5) is 26.7. The zero-order chi connectivity index (χ0) is 15.5. The lowest BCUT2D eigenvalue weighted by molar-refractivity contribution is 0.111. The first kappa shape index (κ1) is 14.4. The first-order valence-electron chi connectivity index (χ1n) is 6.40. The molecule has 110 valence electrons. The minimum Gasteiger partial charge on any atom is -0.334 e. The quantitative estimate of drug-likeness (QED) is 0.455. The van der Waals surface area contributed by atoms with E-state index in [1.807, 2.05) is 6.26 Å². The molecule has 22 heavy (non-hydrogen) atoms. The van der Waals surface area contributed by atoms with E-state index < -0.39 is 0 Å². The molecule has 0 aliphatic heterocycles. The van der Waals surface area contributed by atoms with Crippen LogP contribution in [0.3, 0.4) is 0 Å². The number of halogens is 1. The van der Waals surface area contributed by atoms with Crippen LogP contribution in [0, 0.1) is 5.82 Å². The van der Waals surface area contributed by atoms with Gasteiger partial charge in [-0.1, -0.05) is 11.8 Å². The molecule has 1 aromatic carbocycles. The highest BCUT2D eigenvalue weighted by molar-refractivity contribution is 7.98. The lowest BCUT2D eigenvalue weighted by Crippen LogP contribution is -1.91. The van der Waals surface area contributed by atoms with Crippen molar-refractivity contribution in [3.05, 3.63) is 48.2 Å². The van der Waals surface area contributed by atoms with Crippen LogP contribution < -0.4 is 0 Å². The molecular weight excluding hydrogens is 303 g/mol. The fraction of sp³-hybridized carbons (Fsp3) is 0.0667. The van der Waals surface area contributed by atoms with Gasteiger partial charge in [0.05, 0.1) is 17.1 Å². The Hall–Kier alpha value is -2.54. The monoisotopic (exact) mass is 314 g/mol. The van der Waals surface area contributed by atoms with Crippen LogP contribution in [0.25, 0.3) is 22.6 Å². The van der Waals surface area contributed by atoms with Crippen molar-refractivity contribution in [1.82, 2.24) is 19.9 Å². The van der Waals surface area contributed by atoms with E-state index in [4.69, 9.17) is 0 Å². The summed E-state index contributed by atoms with van der Waals surface area (Å²) in [5.74, 6) is -0.137. The Balaban J connectivity index is 2.16. The molecule has 0 spiro atoms. The molecule has 0 bridgehead atoms. The predicted octanol–water partition coefficient (Wildman–Crippen LogP) is 3.21. The SMILES string of the molecule is CSc1nccc(-c2[nH]c(C=O)nc2-c2ccc(F)cc2)n1. The first-order valence-corrected chi connectivity index (χ1v) is 7.62. The van der Waals surface area contributed by atoms with E-state index in [-0.39, 0.29) is 11.6 Å². The molecule has 5 nitrogen and oxygen atoms in total. The van der Waals surface area contributed by atoms with Gasteiger partial charge in [0.15, 0.2) is 17.3 Å². The Morgan fingerprint density at radius 1 is 1.18 bits per heavy atom. The number of nitrogens with one attached hydrogen (secondary N) is 1. The number of aldehydes is 1. The second-order valence-corrected chi connectivity index (χ2v) is 5.17. The number of thioether (sulfide) groups is 1. The van der Waals surface area contributed by atoms with Gasteiger partial charge >= 0.3 is 0 Å². The lowest BCUT2D eigenvalue weighted by atomic mass is 10.1. The molecule has 0 saturated carbocycles. The van der Waals surface area contributed by atoms with Crippen LogP contribution >= 0.6 is 11.8 Å². The summed E-state index contributed by atoms with van der Waals surface area (Å²) in [6.07, 6.45) is 4.15. The van der Waals surface area contributed by atoms with Gasteiger partial charge < -0.3 is 4.98 Å². The van der Waals surface area contributed by atoms with E-state index >= 15 is 0 Å². The van der Waals surface area contributed by atoms with Crippen LogP contribution in [-0.2, 0) is 0 Å². The number of rotatable bonds is 4. The number of hydrogen-bond acceptors (Lipinski definition) is 5. The maximum absolute atomic E-state index is 13.1. The van der Waals surface area contributed by atoms with Crippen LogP contribution in [0.4, 0.5) is 4.39 Å². The van der Waals surface area contributed by atoms with Crippen molar-refractivity contribution in [3.63, 3.8) is 0 Å². The van der Waals surface area contributed by atoms with Crippen molar-refractivity contribution in [2.75, 3.05) is 6.26 Å². The fourth-order valence-electron chi connectivity index (χ4n) is 2.03. The Kier molecular flexibility index (Phi) is 3.97. The Morgan fingerprint density at radius 2 is 1.95 bits per heavy atom. The Morgan fingerprint density at radius 3 is 2.64 bits per heavy atom. The predicted molar refractivity (Wildman–Crippen MR) is 82.2 cm³/mol. The van der Waals surface area contributed by atoms with Crippen molar-refractivity contribution in [3.8, 4) is 22.6 Å². The first-order chi connectivity index (χ1) is 10.7. The number of carbonyl (C=O) groups is 1. The zero-order valence-electron chi connectivity index (χ0n) is 11.6. The van der Waals surface area contributed by atoms with Gasteiger partial charge in [-0.05, 0) is 36.6 Å². The summed E-state index contributed by atoms with van der Waals surface area (Å²) in [6, 6.07) is 7.65. The summed E-state index contributed by atoms with van der Waals surface area (Å²) in [5, 5.41) is 0.616. The molecule has 0 aliphatic carbocycles. The van der Waals surface area contributed by atoms with E-state index in [1.54, 1.807) is 24.4 Å². The molecule has 0 fully saturated rings. The zero-order valence-corrected chi connectivity index (χ0v) is 12.4. The van der Waals surface area contributed by atoms with Crippen LogP contribution in [-0.4, -0.2) is 32.5 Å². The summed E-state index contributed by atoms with van der Waals surface area (Å²) in [5.41, 5.74) is 2.48. The molecule has 0 atom stereocenters. The average Bonchev–Trinajstić information content (AvgIpc) is 3.00. The molecule has 3 aromatic rings. The molecule has 1 N–H and O–H groups in total. The molecule has 0 radical (unpaired) electrons. The van der Waals surface area contributed by atoms with Crippen molar-refractivity contribution >= 4 is 18.0 Å². The highest BCUT2D eigenvalue weighted by atomic mass is 32.2. The van der Waals surface area contributed by atoms with Crippen LogP contribution in [0.15, 0.2) is 41.7 Å². The molecule has 2 aromatic heterocycles. The van der Waals surface area contributed by atoms with Crippen LogP contribution in [0.1, 0.15) is 10.6 Å². The molecule has 7 heteroatoms. The van der Waals surface area contributed by atoms with E-state index in [1.165, 1.54) is 23.9 Å². The Bertz CT molecular complexity index is 817. The summed E-state index contributed by atoms with van der Waals surface area (Å²) >= 11 is 1.42. The average molecular weight is 314 g/mol. The smallest absolute Gasteiger partial charge is 0.187 e. The third-order valence-electron chi connectivity index (χ3n) is 3.02.